The summed E-state index contributed by atoms with van der Waals surface area (Å²) in [7, 11) is 0. The van der Waals surface area contributed by atoms with Crippen LogP contribution in [0.5, 0.6) is 0 Å². The molecule has 2 rings (SSSR count). The Morgan fingerprint density at radius 2 is 1.76 bits per heavy atom. The molecule has 0 aliphatic carbocycles. The summed E-state index contributed by atoms with van der Waals surface area (Å²) in [5, 5.41) is 4.93. The molecular formula is C16H15Cl3FN. The fraction of sp³-hybridized carbons (Fsp3) is 0.250. The normalized spacial score (nSPS) is 12.4. The number of nitrogens with one attached hydrogen (secondary N) is 1. The maximum absolute atomic E-state index is 13.6. The average Bonchev–Trinajstić information content (AvgIpc) is 2.44. The van der Waals surface area contributed by atoms with E-state index in [1.165, 1.54) is 12.1 Å². The van der Waals surface area contributed by atoms with E-state index in [4.69, 9.17) is 34.8 Å². The van der Waals surface area contributed by atoms with Gasteiger partial charge in [0.1, 0.15) is 5.82 Å². The summed E-state index contributed by atoms with van der Waals surface area (Å²) in [6.45, 7) is 2.82. The molecule has 0 aliphatic rings. The molecule has 1 N–H and O–H groups in total. The lowest BCUT2D eigenvalue weighted by Gasteiger charge is -2.22. The second kappa shape index (κ2) is 7.46. The second-order valence-corrected chi connectivity index (χ2v) is 5.97. The molecule has 21 heavy (non-hydrogen) atoms. The van der Waals surface area contributed by atoms with Crippen molar-refractivity contribution in [1.82, 2.24) is 5.32 Å². The summed E-state index contributed by atoms with van der Waals surface area (Å²) in [6, 6.07) is 9.31. The first-order chi connectivity index (χ1) is 10.0. The summed E-state index contributed by atoms with van der Waals surface area (Å²) in [5.74, 6) is -0.331. The summed E-state index contributed by atoms with van der Waals surface area (Å²) in [4.78, 5) is 0. The minimum Gasteiger partial charge on any atom is -0.306 e. The predicted octanol–water partition coefficient (Wildman–Crippen LogP) is 5.87. The van der Waals surface area contributed by atoms with E-state index in [1.54, 1.807) is 18.2 Å². The van der Waals surface area contributed by atoms with Crippen molar-refractivity contribution >= 4 is 34.8 Å². The minimum atomic E-state index is -0.331. The van der Waals surface area contributed by atoms with Crippen molar-refractivity contribution in [2.24, 2.45) is 0 Å². The quantitative estimate of drug-likeness (QED) is 0.713. The van der Waals surface area contributed by atoms with Gasteiger partial charge in [-0.05, 0) is 54.4 Å². The molecule has 112 valence electrons. The highest BCUT2D eigenvalue weighted by atomic mass is 35.5. The van der Waals surface area contributed by atoms with Gasteiger partial charge in [-0.2, -0.15) is 0 Å². The van der Waals surface area contributed by atoms with Crippen LogP contribution in [-0.4, -0.2) is 6.54 Å². The lowest BCUT2D eigenvalue weighted by molar-refractivity contribution is 0.586. The van der Waals surface area contributed by atoms with Crippen molar-refractivity contribution in [3.05, 3.63) is 68.4 Å². The van der Waals surface area contributed by atoms with Gasteiger partial charge in [-0.25, -0.2) is 4.39 Å². The first kappa shape index (κ1) is 16.6. The molecule has 2 aromatic rings. The van der Waals surface area contributed by atoms with Crippen molar-refractivity contribution in [3.63, 3.8) is 0 Å². The highest BCUT2D eigenvalue weighted by molar-refractivity contribution is 6.35. The lowest BCUT2D eigenvalue weighted by Crippen LogP contribution is -2.24. The number of hydrogen-bond donors (Lipinski definition) is 1. The zero-order valence-corrected chi connectivity index (χ0v) is 13.7. The maximum atomic E-state index is 13.6. The van der Waals surface area contributed by atoms with Crippen LogP contribution in [0.1, 0.15) is 30.5 Å². The van der Waals surface area contributed by atoms with Crippen molar-refractivity contribution < 1.29 is 4.39 Å². The molecule has 0 aromatic heterocycles. The number of benzene rings is 2. The van der Waals surface area contributed by atoms with Gasteiger partial charge in [-0.3, -0.25) is 0 Å². The number of hydrogen-bond acceptors (Lipinski definition) is 1. The Morgan fingerprint density at radius 1 is 1.00 bits per heavy atom. The van der Waals surface area contributed by atoms with Crippen LogP contribution < -0.4 is 5.32 Å². The standard InChI is InChI=1S/C16H15Cl3FN/c1-2-7-21-16(12-5-3-10(17)8-15(12)19)13-9-11(20)4-6-14(13)18/h3-6,8-9,16,21H,2,7H2,1H3. The highest BCUT2D eigenvalue weighted by Crippen LogP contribution is 2.34. The zero-order valence-electron chi connectivity index (χ0n) is 11.5. The fourth-order valence-corrected chi connectivity index (χ4v) is 2.89. The van der Waals surface area contributed by atoms with Crippen molar-refractivity contribution in [2.75, 3.05) is 6.54 Å². The van der Waals surface area contributed by atoms with Gasteiger partial charge < -0.3 is 5.32 Å². The molecule has 5 heteroatoms. The minimum absolute atomic E-state index is 0.280. The zero-order chi connectivity index (χ0) is 15.4. The third kappa shape index (κ3) is 4.10. The Hall–Kier alpha value is -0.800. The maximum Gasteiger partial charge on any atom is 0.123 e. The Bertz CT molecular complexity index is 631. The van der Waals surface area contributed by atoms with Crippen molar-refractivity contribution in [2.45, 2.75) is 19.4 Å². The van der Waals surface area contributed by atoms with E-state index in [0.29, 0.717) is 20.6 Å². The molecule has 0 spiro atoms. The molecule has 0 bridgehead atoms. The van der Waals surface area contributed by atoms with Gasteiger partial charge in [-0.15, -0.1) is 0 Å². The van der Waals surface area contributed by atoms with E-state index in [-0.39, 0.29) is 11.9 Å². The SMILES string of the molecule is CCCNC(c1ccc(Cl)cc1Cl)c1cc(F)ccc1Cl. The van der Waals surface area contributed by atoms with Gasteiger partial charge in [0.2, 0.25) is 0 Å². The Kier molecular flexibility index (Phi) is 5.88. The van der Waals surface area contributed by atoms with Crippen LogP contribution in [0.4, 0.5) is 4.39 Å². The second-order valence-electron chi connectivity index (χ2n) is 4.72. The number of rotatable bonds is 5. The van der Waals surface area contributed by atoms with Crippen LogP contribution in [0.25, 0.3) is 0 Å². The summed E-state index contributed by atoms with van der Waals surface area (Å²) < 4.78 is 13.6. The molecule has 0 saturated heterocycles. The van der Waals surface area contributed by atoms with Gasteiger partial charge in [0.15, 0.2) is 0 Å². The molecule has 0 amide bonds. The van der Waals surface area contributed by atoms with Gasteiger partial charge in [0.25, 0.3) is 0 Å². The molecule has 0 saturated carbocycles. The van der Waals surface area contributed by atoms with Crippen molar-refractivity contribution in [1.29, 1.82) is 0 Å². The fourth-order valence-electron chi connectivity index (χ4n) is 2.15. The molecule has 2 aromatic carbocycles. The van der Waals surface area contributed by atoms with Crippen LogP contribution >= 0.6 is 34.8 Å². The monoisotopic (exact) mass is 345 g/mol. The van der Waals surface area contributed by atoms with E-state index in [1.807, 2.05) is 6.07 Å². The molecule has 1 unspecified atom stereocenters. The highest BCUT2D eigenvalue weighted by Gasteiger charge is 2.19. The Labute approximate surface area is 139 Å². The lowest BCUT2D eigenvalue weighted by atomic mass is 9.98. The summed E-state index contributed by atoms with van der Waals surface area (Å²) >= 11 is 18.4. The summed E-state index contributed by atoms with van der Waals surface area (Å²) in [5.41, 5.74) is 1.48. The van der Waals surface area contributed by atoms with Gasteiger partial charge in [0.05, 0.1) is 6.04 Å². The molecule has 0 aliphatic heterocycles. The smallest absolute Gasteiger partial charge is 0.123 e. The molecular weight excluding hydrogens is 332 g/mol. The van der Waals surface area contributed by atoms with E-state index in [9.17, 15) is 4.39 Å². The van der Waals surface area contributed by atoms with E-state index in [0.717, 1.165) is 18.5 Å². The van der Waals surface area contributed by atoms with Gasteiger partial charge in [-0.1, -0.05) is 47.8 Å². The largest absolute Gasteiger partial charge is 0.306 e. The van der Waals surface area contributed by atoms with Crippen LogP contribution in [0.15, 0.2) is 36.4 Å². The van der Waals surface area contributed by atoms with Crippen LogP contribution in [0.3, 0.4) is 0 Å². The van der Waals surface area contributed by atoms with E-state index < -0.39 is 0 Å². The third-order valence-corrected chi connectivity index (χ3v) is 4.05. The Balaban J connectivity index is 2.49. The molecule has 1 atom stereocenters. The topological polar surface area (TPSA) is 12.0 Å². The predicted molar refractivity (Wildman–Crippen MR) is 88.0 cm³/mol. The van der Waals surface area contributed by atoms with Gasteiger partial charge in [0, 0.05) is 15.1 Å². The number of halogens is 4. The van der Waals surface area contributed by atoms with Crippen molar-refractivity contribution in [3.8, 4) is 0 Å². The van der Waals surface area contributed by atoms with Crippen LogP contribution in [-0.2, 0) is 0 Å². The summed E-state index contributed by atoms with van der Waals surface area (Å²) in [6.07, 6.45) is 0.939. The molecule has 1 nitrogen and oxygen atoms in total. The van der Waals surface area contributed by atoms with E-state index in [2.05, 4.69) is 12.2 Å². The first-order valence-corrected chi connectivity index (χ1v) is 7.79. The molecule has 0 heterocycles. The third-order valence-electron chi connectivity index (χ3n) is 3.14. The van der Waals surface area contributed by atoms with E-state index >= 15 is 0 Å². The molecule has 0 radical (unpaired) electrons. The Morgan fingerprint density at radius 3 is 2.43 bits per heavy atom. The van der Waals surface area contributed by atoms with Gasteiger partial charge >= 0.3 is 0 Å². The molecule has 0 fully saturated rings. The average molecular weight is 347 g/mol. The first-order valence-electron chi connectivity index (χ1n) is 6.66. The van der Waals surface area contributed by atoms with Crippen LogP contribution in [0.2, 0.25) is 15.1 Å². The van der Waals surface area contributed by atoms with Crippen LogP contribution in [0, 0.1) is 5.82 Å².